The first-order valence-corrected chi connectivity index (χ1v) is 21.0. The van der Waals surface area contributed by atoms with Gasteiger partial charge in [0.2, 0.25) is 0 Å². The van der Waals surface area contributed by atoms with Crippen LogP contribution in [0.4, 0.5) is 0 Å². The Morgan fingerprint density at radius 3 is 1.65 bits per heavy atom. The molecule has 0 radical (unpaired) electrons. The molecule has 0 saturated heterocycles. The highest BCUT2D eigenvalue weighted by atomic mass is 15.2. The molecule has 0 amide bonds. The topological polar surface area (TPSA) is 48.0 Å². The zero-order valence-corrected chi connectivity index (χ0v) is 33.6. The number of benzene rings is 8. The summed E-state index contributed by atoms with van der Waals surface area (Å²) in [5.74, 6) is 0.681. The first kappa shape index (κ1) is 35.5. The van der Waals surface area contributed by atoms with Gasteiger partial charge in [0.05, 0.1) is 33.6 Å². The molecule has 12 aromatic rings. The van der Waals surface area contributed by atoms with Gasteiger partial charge >= 0.3 is 0 Å². The quantitative estimate of drug-likeness (QED) is 0.162. The molecule has 0 fully saturated rings. The fourth-order valence-electron chi connectivity index (χ4n) is 9.12. The highest BCUT2D eigenvalue weighted by Crippen LogP contribution is 2.42. The van der Waals surface area contributed by atoms with Crippen LogP contribution in [-0.2, 0) is 0 Å². The molecule has 0 saturated carbocycles. The lowest BCUT2D eigenvalue weighted by atomic mass is 9.95. The summed E-state index contributed by atoms with van der Waals surface area (Å²) in [5.41, 5.74) is 15.5. The molecule has 0 bridgehead atoms. The first-order chi connectivity index (χ1) is 30.8. The molecule has 0 aliphatic heterocycles. The number of fused-ring (bicyclic) bond motifs is 6. The molecule has 62 heavy (non-hydrogen) atoms. The van der Waals surface area contributed by atoms with Gasteiger partial charge in [0.15, 0.2) is 5.82 Å². The minimum atomic E-state index is 0.681. The second-order valence-electron chi connectivity index (χ2n) is 15.6. The van der Waals surface area contributed by atoms with Crippen molar-refractivity contribution < 1.29 is 0 Å². The maximum absolute atomic E-state index is 5.42. The molecule has 0 atom stereocenters. The Morgan fingerprint density at radius 1 is 0.387 bits per heavy atom. The minimum Gasteiger partial charge on any atom is -0.309 e. The van der Waals surface area contributed by atoms with Crippen molar-refractivity contribution in [3.8, 4) is 73.2 Å². The number of hydrogen-bond acceptors (Lipinski definition) is 3. The molecule has 0 N–H and O–H groups in total. The number of hydrogen-bond donors (Lipinski definition) is 0. The van der Waals surface area contributed by atoms with Gasteiger partial charge in [-0.3, -0.25) is 0 Å². The normalized spacial score (nSPS) is 11.5. The molecule has 0 aliphatic carbocycles. The van der Waals surface area contributed by atoms with Gasteiger partial charge in [-0.15, -0.1) is 0 Å². The van der Waals surface area contributed by atoms with Crippen LogP contribution in [0.25, 0.3) is 111 Å². The molecular weight excluding hydrogens is 755 g/mol. The van der Waals surface area contributed by atoms with Crippen LogP contribution in [0.2, 0.25) is 0 Å². The van der Waals surface area contributed by atoms with E-state index in [2.05, 4.69) is 227 Å². The third kappa shape index (κ3) is 5.90. The summed E-state index contributed by atoms with van der Waals surface area (Å²) in [6, 6.07) is 78.9. The number of rotatable bonds is 7. The molecule has 5 heteroatoms. The second-order valence-corrected chi connectivity index (χ2v) is 15.6. The molecule has 12 rings (SSSR count). The summed E-state index contributed by atoms with van der Waals surface area (Å²) in [5, 5.41) is 10.0. The highest BCUT2D eigenvalue weighted by Gasteiger charge is 2.23. The molecular formula is C57H37N5. The van der Waals surface area contributed by atoms with Crippen LogP contribution < -0.4 is 0 Å². The van der Waals surface area contributed by atoms with Gasteiger partial charge in [-0.1, -0.05) is 188 Å². The Labute approximate surface area is 358 Å². The van der Waals surface area contributed by atoms with Crippen molar-refractivity contribution in [3.05, 3.63) is 224 Å². The van der Waals surface area contributed by atoms with Crippen molar-refractivity contribution in [1.29, 1.82) is 0 Å². The van der Waals surface area contributed by atoms with Crippen LogP contribution in [0.15, 0.2) is 224 Å². The van der Waals surface area contributed by atoms with E-state index in [-0.39, 0.29) is 0 Å². The van der Waals surface area contributed by atoms with Crippen LogP contribution >= 0.6 is 0 Å². The lowest BCUT2D eigenvalue weighted by Gasteiger charge is -2.12. The maximum atomic E-state index is 5.42. The average molecular weight is 792 g/mol. The Hall–Kier alpha value is -8.41. The van der Waals surface area contributed by atoms with E-state index in [0.717, 1.165) is 100 Å². The minimum absolute atomic E-state index is 0.681. The Kier molecular flexibility index (Phi) is 8.42. The summed E-state index contributed by atoms with van der Waals surface area (Å²) in [6.07, 6.45) is 0. The third-order valence-corrected chi connectivity index (χ3v) is 12.0. The Balaban J connectivity index is 1.06. The van der Waals surface area contributed by atoms with Gasteiger partial charge in [-0.05, 0) is 47.3 Å². The number of aromatic nitrogens is 5. The first-order valence-electron chi connectivity index (χ1n) is 21.0. The van der Waals surface area contributed by atoms with Crippen molar-refractivity contribution in [2.24, 2.45) is 0 Å². The summed E-state index contributed by atoms with van der Waals surface area (Å²) in [7, 11) is 0. The summed E-state index contributed by atoms with van der Waals surface area (Å²) >= 11 is 0. The molecule has 0 aliphatic rings. The molecule has 0 spiro atoms. The van der Waals surface area contributed by atoms with Crippen LogP contribution in [-0.4, -0.2) is 24.1 Å². The molecule has 5 nitrogen and oxygen atoms in total. The number of pyridine rings is 1. The van der Waals surface area contributed by atoms with Crippen LogP contribution in [0, 0.1) is 0 Å². The van der Waals surface area contributed by atoms with E-state index in [4.69, 9.17) is 15.1 Å². The van der Waals surface area contributed by atoms with Crippen LogP contribution in [0.1, 0.15) is 0 Å². The predicted molar refractivity (Wildman–Crippen MR) is 255 cm³/mol. The number of para-hydroxylation sites is 2. The van der Waals surface area contributed by atoms with E-state index >= 15 is 0 Å². The SMILES string of the molecule is c1ccc(-c2cc(-c3ccc(-c4c(-c5ccccc5)nn5c(-c6ccccc6)cc6ccccc6c45)cc3)nc(-c3cccc4c3c3ccccc3n4-c3ccccc3)n2)cc1. The van der Waals surface area contributed by atoms with Crippen LogP contribution in [0.3, 0.4) is 0 Å². The van der Waals surface area contributed by atoms with Crippen molar-refractivity contribution in [1.82, 2.24) is 24.1 Å². The fraction of sp³-hybridized carbons (Fsp3) is 0. The molecule has 4 aromatic heterocycles. The predicted octanol–water partition coefficient (Wildman–Crippen LogP) is 14.4. The van der Waals surface area contributed by atoms with Gasteiger partial charge in [0, 0.05) is 55.2 Å². The highest BCUT2D eigenvalue weighted by molar-refractivity contribution is 6.15. The molecule has 4 heterocycles. The van der Waals surface area contributed by atoms with Crippen molar-refractivity contribution in [2.45, 2.75) is 0 Å². The van der Waals surface area contributed by atoms with Crippen LogP contribution in [0.5, 0.6) is 0 Å². The van der Waals surface area contributed by atoms with E-state index in [9.17, 15) is 0 Å². The largest absolute Gasteiger partial charge is 0.309 e. The Bertz CT molecular complexity index is 3590. The van der Waals surface area contributed by atoms with E-state index in [1.54, 1.807) is 0 Å². The van der Waals surface area contributed by atoms with Crippen molar-refractivity contribution >= 4 is 38.1 Å². The standard InChI is InChI=1S/C57H37N5/c1-5-18-38(19-6-1)48-37-49(59-57(58-48)47-29-17-31-51-54(47)46-28-15-16-30-50(46)61(51)44-25-11-4-12-26-44)39-32-34-41(35-33-39)53-55(42-22-9-3-10-23-42)60-62-52(40-20-7-2-8-21-40)36-43-24-13-14-27-45(43)56(53)62/h1-37H. The van der Waals surface area contributed by atoms with Crippen molar-refractivity contribution in [2.75, 3.05) is 0 Å². The van der Waals surface area contributed by atoms with Gasteiger partial charge in [-0.2, -0.15) is 5.10 Å². The summed E-state index contributed by atoms with van der Waals surface area (Å²) < 4.78 is 4.48. The lowest BCUT2D eigenvalue weighted by Crippen LogP contribution is -1.97. The van der Waals surface area contributed by atoms with Gasteiger partial charge in [0.1, 0.15) is 5.69 Å². The average Bonchev–Trinajstić information content (AvgIpc) is 3.92. The summed E-state index contributed by atoms with van der Waals surface area (Å²) in [6.45, 7) is 0. The summed E-state index contributed by atoms with van der Waals surface area (Å²) in [4.78, 5) is 10.7. The zero-order chi connectivity index (χ0) is 41.0. The number of nitrogens with zero attached hydrogens (tertiary/aromatic N) is 5. The fourth-order valence-corrected chi connectivity index (χ4v) is 9.12. The molecule has 0 unspecified atom stereocenters. The van der Waals surface area contributed by atoms with Gasteiger partial charge in [0.25, 0.3) is 0 Å². The third-order valence-electron chi connectivity index (χ3n) is 12.0. The van der Waals surface area contributed by atoms with Gasteiger partial charge in [-0.25, -0.2) is 14.5 Å². The van der Waals surface area contributed by atoms with E-state index in [0.29, 0.717) is 5.82 Å². The van der Waals surface area contributed by atoms with E-state index < -0.39 is 0 Å². The van der Waals surface area contributed by atoms with E-state index in [1.807, 2.05) is 6.07 Å². The van der Waals surface area contributed by atoms with Gasteiger partial charge < -0.3 is 4.57 Å². The monoisotopic (exact) mass is 791 g/mol. The Morgan fingerprint density at radius 2 is 0.935 bits per heavy atom. The maximum Gasteiger partial charge on any atom is 0.161 e. The molecule has 8 aromatic carbocycles. The van der Waals surface area contributed by atoms with Crippen molar-refractivity contribution in [3.63, 3.8) is 0 Å². The zero-order valence-electron chi connectivity index (χ0n) is 33.6. The van der Waals surface area contributed by atoms with E-state index in [1.165, 1.54) is 5.39 Å². The lowest BCUT2D eigenvalue weighted by molar-refractivity contribution is 0.979. The smallest absolute Gasteiger partial charge is 0.161 e. The second kappa shape index (κ2) is 14.7. The molecule has 290 valence electrons.